The fourth-order valence-corrected chi connectivity index (χ4v) is 2.20. The molecule has 0 amide bonds. The maximum Gasteiger partial charge on any atom is 0.387 e. The molecule has 0 bridgehead atoms. The summed E-state index contributed by atoms with van der Waals surface area (Å²) >= 11 is 0. The molecule has 0 saturated carbocycles. The highest BCUT2D eigenvalue weighted by Gasteiger charge is 2.04. The number of rotatable bonds is 3. The Balaban J connectivity index is 1.94. The van der Waals surface area contributed by atoms with E-state index in [0.717, 1.165) is 16.5 Å². The minimum absolute atomic E-state index is 0.171. The van der Waals surface area contributed by atoms with Crippen molar-refractivity contribution in [2.24, 2.45) is 0 Å². The topological polar surface area (TPSA) is 9.23 Å². The monoisotopic (exact) mass is 270 g/mol. The zero-order chi connectivity index (χ0) is 13.9. The molecule has 0 fully saturated rings. The molecule has 0 atom stereocenters. The third kappa shape index (κ3) is 2.62. The first-order valence-electron chi connectivity index (χ1n) is 6.26. The largest absolute Gasteiger partial charge is 0.435 e. The highest BCUT2D eigenvalue weighted by atomic mass is 19.3. The molecule has 0 heterocycles. The number of ether oxygens (including phenoxy) is 1. The minimum atomic E-state index is -2.79. The van der Waals surface area contributed by atoms with Crippen LogP contribution in [0.4, 0.5) is 8.78 Å². The van der Waals surface area contributed by atoms with Gasteiger partial charge in [-0.05, 0) is 40.1 Å². The summed E-state index contributed by atoms with van der Waals surface area (Å²) in [6.07, 6.45) is 0. The number of halogens is 2. The van der Waals surface area contributed by atoms with Crippen LogP contribution in [0.25, 0.3) is 21.9 Å². The first-order chi connectivity index (χ1) is 9.72. The molecule has 3 rings (SSSR count). The second-order valence-electron chi connectivity index (χ2n) is 4.46. The lowest BCUT2D eigenvalue weighted by molar-refractivity contribution is -0.0498. The van der Waals surface area contributed by atoms with Crippen molar-refractivity contribution >= 4 is 10.8 Å². The van der Waals surface area contributed by atoms with Gasteiger partial charge in [-0.25, -0.2) is 0 Å². The number of benzene rings is 3. The van der Waals surface area contributed by atoms with E-state index in [1.807, 2.05) is 30.3 Å². The Kier molecular flexibility index (Phi) is 3.33. The predicted octanol–water partition coefficient (Wildman–Crippen LogP) is 5.11. The highest BCUT2D eigenvalue weighted by molar-refractivity contribution is 5.87. The van der Waals surface area contributed by atoms with E-state index in [2.05, 4.69) is 16.9 Å². The fourth-order valence-electron chi connectivity index (χ4n) is 2.20. The number of hydrogen-bond acceptors (Lipinski definition) is 1. The van der Waals surface area contributed by atoms with Crippen LogP contribution in [0.3, 0.4) is 0 Å². The van der Waals surface area contributed by atoms with Crippen LogP contribution in [-0.4, -0.2) is 6.61 Å². The van der Waals surface area contributed by atoms with Crippen molar-refractivity contribution in [2.45, 2.75) is 6.61 Å². The average Bonchev–Trinajstić information content (AvgIpc) is 2.47. The molecular weight excluding hydrogens is 258 g/mol. The van der Waals surface area contributed by atoms with E-state index < -0.39 is 6.61 Å². The highest BCUT2D eigenvalue weighted by Crippen LogP contribution is 2.26. The maximum atomic E-state index is 12.1. The molecule has 0 aromatic heterocycles. The molecule has 0 unspecified atom stereocenters. The molecule has 1 nitrogen and oxygen atoms in total. The van der Waals surface area contributed by atoms with Crippen molar-refractivity contribution in [1.82, 2.24) is 0 Å². The molecular formula is C17H12F2O. The molecule has 0 aliphatic carbocycles. The molecule has 3 aromatic carbocycles. The van der Waals surface area contributed by atoms with E-state index in [4.69, 9.17) is 0 Å². The predicted molar refractivity (Wildman–Crippen MR) is 76.0 cm³/mol. The molecule has 3 aromatic rings. The Morgan fingerprint density at radius 3 is 2.05 bits per heavy atom. The Morgan fingerprint density at radius 1 is 0.700 bits per heavy atom. The van der Waals surface area contributed by atoms with Gasteiger partial charge in [0.2, 0.25) is 0 Å². The summed E-state index contributed by atoms with van der Waals surface area (Å²) in [5, 5.41) is 2.33. The van der Waals surface area contributed by atoms with Crippen LogP contribution >= 0.6 is 0 Å². The van der Waals surface area contributed by atoms with Gasteiger partial charge in [0.25, 0.3) is 0 Å². The van der Waals surface area contributed by atoms with Gasteiger partial charge in [-0.1, -0.05) is 48.5 Å². The van der Waals surface area contributed by atoms with E-state index in [-0.39, 0.29) is 5.75 Å². The molecule has 0 N–H and O–H groups in total. The Morgan fingerprint density at radius 2 is 1.35 bits per heavy atom. The molecule has 0 aliphatic heterocycles. The maximum absolute atomic E-state index is 12.1. The zero-order valence-corrected chi connectivity index (χ0v) is 10.6. The van der Waals surface area contributed by atoms with E-state index in [1.54, 1.807) is 24.3 Å². The van der Waals surface area contributed by atoms with Crippen LogP contribution < -0.4 is 4.74 Å². The van der Waals surface area contributed by atoms with Crippen molar-refractivity contribution in [3.8, 4) is 16.9 Å². The van der Waals surface area contributed by atoms with Crippen molar-refractivity contribution in [3.63, 3.8) is 0 Å². The standard InChI is InChI=1S/C17H12F2O/c18-17(19)20-16-9-7-13(8-10-16)15-6-5-12-3-1-2-4-14(12)11-15/h1-11,17H. The van der Waals surface area contributed by atoms with Crippen molar-refractivity contribution in [3.05, 3.63) is 66.7 Å². The second kappa shape index (κ2) is 5.29. The fraction of sp³-hybridized carbons (Fsp3) is 0.0588. The van der Waals surface area contributed by atoms with Gasteiger partial charge in [0, 0.05) is 0 Å². The molecule has 0 radical (unpaired) electrons. The third-order valence-electron chi connectivity index (χ3n) is 3.16. The lowest BCUT2D eigenvalue weighted by atomic mass is 10.0. The molecule has 20 heavy (non-hydrogen) atoms. The first-order valence-corrected chi connectivity index (χ1v) is 6.26. The van der Waals surface area contributed by atoms with E-state index in [9.17, 15) is 8.78 Å². The lowest BCUT2D eigenvalue weighted by Crippen LogP contribution is -2.01. The summed E-state index contributed by atoms with van der Waals surface area (Å²) < 4.78 is 28.5. The molecule has 0 saturated heterocycles. The quantitative estimate of drug-likeness (QED) is 0.642. The Labute approximate surface area is 115 Å². The number of fused-ring (bicyclic) bond motifs is 1. The molecule has 3 heteroatoms. The third-order valence-corrected chi connectivity index (χ3v) is 3.16. The van der Waals surface area contributed by atoms with Crippen LogP contribution in [0.1, 0.15) is 0 Å². The first kappa shape index (κ1) is 12.6. The lowest BCUT2D eigenvalue weighted by Gasteiger charge is -2.07. The van der Waals surface area contributed by atoms with E-state index >= 15 is 0 Å². The zero-order valence-electron chi connectivity index (χ0n) is 10.6. The van der Waals surface area contributed by atoms with Gasteiger partial charge in [0.1, 0.15) is 5.75 Å². The molecule has 0 spiro atoms. The summed E-state index contributed by atoms with van der Waals surface area (Å²) in [5.74, 6) is 0.171. The van der Waals surface area contributed by atoms with Crippen molar-refractivity contribution in [1.29, 1.82) is 0 Å². The van der Waals surface area contributed by atoms with Crippen molar-refractivity contribution in [2.75, 3.05) is 0 Å². The smallest absolute Gasteiger partial charge is 0.387 e. The summed E-state index contributed by atoms with van der Waals surface area (Å²) in [4.78, 5) is 0. The summed E-state index contributed by atoms with van der Waals surface area (Å²) in [7, 11) is 0. The normalized spacial score (nSPS) is 10.9. The Hall–Kier alpha value is -2.42. The average molecular weight is 270 g/mol. The SMILES string of the molecule is FC(F)Oc1ccc(-c2ccc3ccccc3c2)cc1. The van der Waals surface area contributed by atoms with E-state index in [0.29, 0.717) is 0 Å². The van der Waals surface area contributed by atoms with Gasteiger partial charge >= 0.3 is 6.61 Å². The van der Waals surface area contributed by atoms with Crippen LogP contribution in [-0.2, 0) is 0 Å². The van der Waals surface area contributed by atoms with E-state index in [1.165, 1.54) is 5.39 Å². The van der Waals surface area contributed by atoms with Crippen LogP contribution in [0, 0.1) is 0 Å². The van der Waals surface area contributed by atoms with Crippen LogP contribution in [0.2, 0.25) is 0 Å². The van der Waals surface area contributed by atoms with Crippen LogP contribution in [0.5, 0.6) is 5.75 Å². The molecule has 100 valence electrons. The van der Waals surface area contributed by atoms with Gasteiger partial charge < -0.3 is 4.74 Å². The van der Waals surface area contributed by atoms with Gasteiger partial charge in [-0.3, -0.25) is 0 Å². The second-order valence-corrected chi connectivity index (χ2v) is 4.46. The van der Waals surface area contributed by atoms with Crippen LogP contribution in [0.15, 0.2) is 66.7 Å². The summed E-state index contributed by atoms with van der Waals surface area (Å²) in [5.41, 5.74) is 2.02. The summed E-state index contributed by atoms with van der Waals surface area (Å²) in [6, 6.07) is 20.9. The van der Waals surface area contributed by atoms with Gasteiger partial charge in [0.05, 0.1) is 0 Å². The number of alkyl halides is 2. The van der Waals surface area contributed by atoms with Gasteiger partial charge in [-0.15, -0.1) is 0 Å². The van der Waals surface area contributed by atoms with Gasteiger partial charge in [-0.2, -0.15) is 8.78 Å². The van der Waals surface area contributed by atoms with Crippen molar-refractivity contribution < 1.29 is 13.5 Å². The van der Waals surface area contributed by atoms with Gasteiger partial charge in [0.15, 0.2) is 0 Å². The molecule has 0 aliphatic rings. The minimum Gasteiger partial charge on any atom is -0.435 e. The Bertz CT molecular complexity index is 720. The summed E-state index contributed by atoms with van der Waals surface area (Å²) in [6.45, 7) is -2.79. The number of hydrogen-bond donors (Lipinski definition) is 0.